The van der Waals surface area contributed by atoms with Crippen LogP contribution in [0.15, 0.2) is 48.8 Å². The Balaban J connectivity index is 1.64. The molecule has 0 bridgehead atoms. The van der Waals surface area contributed by atoms with E-state index in [9.17, 15) is 13.2 Å². The SMILES string of the molecule is CCN(c1cncc(C(=O)NCCc2ccccc2)c1)C1CCS(=O)(=O)C1. The van der Waals surface area contributed by atoms with Crippen LogP contribution in [0.3, 0.4) is 0 Å². The minimum absolute atomic E-state index is 0.0572. The highest BCUT2D eigenvalue weighted by molar-refractivity contribution is 7.91. The van der Waals surface area contributed by atoms with E-state index in [0.717, 1.165) is 12.1 Å². The molecule has 1 saturated heterocycles. The van der Waals surface area contributed by atoms with E-state index in [0.29, 0.717) is 25.1 Å². The summed E-state index contributed by atoms with van der Waals surface area (Å²) in [5, 5.41) is 2.92. The highest BCUT2D eigenvalue weighted by Gasteiger charge is 2.32. The Kier molecular flexibility index (Phi) is 6.11. The van der Waals surface area contributed by atoms with Crippen LogP contribution in [0.25, 0.3) is 0 Å². The molecule has 1 aromatic carbocycles. The van der Waals surface area contributed by atoms with Gasteiger partial charge in [0.05, 0.1) is 29.0 Å². The van der Waals surface area contributed by atoms with Crippen molar-refractivity contribution in [3.05, 3.63) is 59.9 Å². The van der Waals surface area contributed by atoms with Crippen molar-refractivity contribution in [2.75, 3.05) is 29.5 Å². The number of amides is 1. The molecule has 144 valence electrons. The Morgan fingerprint density at radius 3 is 2.70 bits per heavy atom. The van der Waals surface area contributed by atoms with Crippen LogP contribution in [0, 0.1) is 0 Å². The van der Waals surface area contributed by atoms with Crippen LogP contribution in [0.4, 0.5) is 5.69 Å². The third-order valence-corrected chi connectivity index (χ3v) is 6.60. The highest BCUT2D eigenvalue weighted by Crippen LogP contribution is 2.24. The smallest absolute Gasteiger partial charge is 0.252 e. The molecule has 7 heteroatoms. The van der Waals surface area contributed by atoms with E-state index < -0.39 is 9.84 Å². The van der Waals surface area contributed by atoms with Crippen molar-refractivity contribution in [1.29, 1.82) is 0 Å². The molecule has 1 amide bonds. The van der Waals surface area contributed by atoms with E-state index in [4.69, 9.17) is 0 Å². The second-order valence-corrected chi connectivity index (χ2v) is 8.99. The van der Waals surface area contributed by atoms with Gasteiger partial charge in [0, 0.05) is 25.3 Å². The van der Waals surface area contributed by atoms with Crippen molar-refractivity contribution < 1.29 is 13.2 Å². The summed E-state index contributed by atoms with van der Waals surface area (Å²) in [5.41, 5.74) is 2.44. The number of benzene rings is 1. The number of hydrogen-bond acceptors (Lipinski definition) is 5. The summed E-state index contributed by atoms with van der Waals surface area (Å²) in [6.45, 7) is 3.20. The maximum absolute atomic E-state index is 12.5. The zero-order valence-corrected chi connectivity index (χ0v) is 16.3. The van der Waals surface area contributed by atoms with Crippen LogP contribution >= 0.6 is 0 Å². The van der Waals surface area contributed by atoms with E-state index in [1.165, 1.54) is 5.56 Å². The molecule has 6 nitrogen and oxygen atoms in total. The van der Waals surface area contributed by atoms with Crippen molar-refractivity contribution in [2.45, 2.75) is 25.8 Å². The third-order valence-electron chi connectivity index (χ3n) is 4.85. The summed E-state index contributed by atoms with van der Waals surface area (Å²) in [5.74, 6) is 0.214. The first-order valence-electron chi connectivity index (χ1n) is 9.23. The normalized spacial score (nSPS) is 18.2. The molecule has 1 N–H and O–H groups in total. The molecule has 27 heavy (non-hydrogen) atoms. The van der Waals surface area contributed by atoms with E-state index in [2.05, 4.69) is 10.3 Å². The monoisotopic (exact) mass is 387 g/mol. The van der Waals surface area contributed by atoms with E-state index >= 15 is 0 Å². The molecule has 1 aliphatic rings. The van der Waals surface area contributed by atoms with Gasteiger partial charge in [0.2, 0.25) is 0 Å². The Hall–Kier alpha value is -2.41. The predicted octanol–water partition coefficient (Wildman–Crippen LogP) is 2.07. The van der Waals surface area contributed by atoms with Crippen molar-refractivity contribution >= 4 is 21.4 Å². The van der Waals surface area contributed by atoms with Crippen LogP contribution in [0.1, 0.15) is 29.3 Å². The standard InChI is InChI=1S/C20H25N3O3S/c1-2-23(18-9-11-27(25,26)15-18)19-12-17(13-21-14-19)20(24)22-10-8-16-6-4-3-5-7-16/h3-7,12-14,18H,2,8-11,15H2,1H3,(H,22,24). The molecule has 0 radical (unpaired) electrons. The number of aromatic nitrogens is 1. The van der Waals surface area contributed by atoms with Gasteiger partial charge in [-0.3, -0.25) is 9.78 Å². The molecule has 0 aliphatic carbocycles. The number of carbonyl (C=O) groups excluding carboxylic acids is 1. The molecule has 1 unspecified atom stereocenters. The van der Waals surface area contributed by atoms with Gasteiger partial charge in [0.1, 0.15) is 0 Å². The van der Waals surface area contributed by atoms with Gasteiger partial charge in [-0.25, -0.2) is 8.42 Å². The lowest BCUT2D eigenvalue weighted by Crippen LogP contribution is -2.36. The van der Waals surface area contributed by atoms with Gasteiger partial charge >= 0.3 is 0 Å². The van der Waals surface area contributed by atoms with Gasteiger partial charge in [-0.1, -0.05) is 30.3 Å². The number of hydrogen-bond donors (Lipinski definition) is 1. The fourth-order valence-corrected chi connectivity index (χ4v) is 5.18. The Bertz CT molecular complexity index is 884. The van der Waals surface area contributed by atoms with Crippen LogP contribution in [-0.4, -0.2) is 49.9 Å². The number of rotatable bonds is 7. The van der Waals surface area contributed by atoms with Gasteiger partial charge in [0.15, 0.2) is 9.84 Å². The van der Waals surface area contributed by atoms with Gasteiger partial charge in [0.25, 0.3) is 5.91 Å². The number of pyridine rings is 1. The van der Waals surface area contributed by atoms with Crippen molar-refractivity contribution in [3.8, 4) is 0 Å². The van der Waals surface area contributed by atoms with Gasteiger partial charge in [-0.2, -0.15) is 0 Å². The van der Waals surface area contributed by atoms with Crippen LogP contribution in [0.5, 0.6) is 0 Å². The quantitative estimate of drug-likeness (QED) is 0.787. The van der Waals surface area contributed by atoms with Gasteiger partial charge < -0.3 is 10.2 Å². The second-order valence-electron chi connectivity index (χ2n) is 6.77. The molecule has 3 rings (SSSR count). The number of nitrogens with zero attached hydrogens (tertiary/aromatic N) is 2. The number of sulfone groups is 1. The van der Waals surface area contributed by atoms with Crippen LogP contribution in [0.2, 0.25) is 0 Å². The molecule has 0 saturated carbocycles. The summed E-state index contributed by atoms with van der Waals surface area (Å²) < 4.78 is 23.6. The zero-order chi connectivity index (χ0) is 19.3. The maximum Gasteiger partial charge on any atom is 0.252 e. The molecule has 2 heterocycles. The topological polar surface area (TPSA) is 79.4 Å². The van der Waals surface area contributed by atoms with Crippen LogP contribution < -0.4 is 10.2 Å². The summed E-state index contributed by atoms with van der Waals surface area (Å²) in [7, 11) is -2.96. The van der Waals surface area contributed by atoms with Crippen molar-refractivity contribution in [2.24, 2.45) is 0 Å². The first-order chi connectivity index (χ1) is 13.0. The maximum atomic E-state index is 12.5. The average molecular weight is 388 g/mol. The minimum atomic E-state index is -2.96. The van der Waals surface area contributed by atoms with Gasteiger partial charge in [-0.15, -0.1) is 0 Å². The lowest BCUT2D eigenvalue weighted by molar-refractivity contribution is 0.0953. The fraction of sp³-hybridized carbons (Fsp3) is 0.400. The number of nitrogens with one attached hydrogen (secondary N) is 1. The summed E-state index contributed by atoms with van der Waals surface area (Å²) in [6, 6.07) is 11.7. The second kappa shape index (κ2) is 8.52. The Morgan fingerprint density at radius 1 is 1.26 bits per heavy atom. The lowest BCUT2D eigenvalue weighted by Gasteiger charge is -2.29. The molecule has 2 aromatic rings. The Morgan fingerprint density at radius 2 is 2.04 bits per heavy atom. The average Bonchev–Trinajstić information content (AvgIpc) is 3.03. The summed E-state index contributed by atoms with van der Waals surface area (Å²) in [4.78, 5) is 18.7. The first kappa shape index (κ1) is 19.4. The van der Waals surface area contributed by atoms with E-state index in [-0.39, 0.29) is 23.5 Å². The first-order valence-corrected chi connectivity index (χ1v) is 11.0. The summed E-state index contributed by atoms with van der Waals surface area (Å²) >= 11 is 0. The zero-order valence-electron chi connectivity index (χ0n) is 15.5. The minimum Gasteiger partial charge on any atom is -0.367 e. The van der Waals surface area contributed by atoms with Crippen molar-refractivity contribution in [3.63, 3.8) is 0 Å². The molecular weight excluding hydrogens is 362 g/mol. The van der Waals surface area contributed by atoms with E-state index in [1.807, 2.05) is 42.2 Å². The van der Waals surface area contributed by atoms with Crippen molar-refractivity contribution in [1.82, 2.24) is 10.3 Å². The largest absolute Gasteiger partial charge is 0.367 e. The molecule has 1 atom stereocenters. The molecule has 0 spiro atoms. The molecule has 1 fully saturated rings. The van der Waals surface area contributed by atoms with E-state index in [1.54, 1.807) is 18.5 Å². The number of carbonyl (C=O) groups is 1. The number of anilines is 1. The lowest BCUT2D eigenvalue weighted by atomic mass is 10.1. The highest BCUT2D eigenvalue weighted by atomic mass is 32.2. The molecular formula is C20H25N3O3S. The van der Waals surface area contributed by atoms with Gasteiger partial charge in [-0.05, 0) is 31.4 Å². The predicted molar refractivity (Wildman–Crippen MR) is 107 cm³/mol. The third kappa shape index (κ3) is 5.07. The Labute approximate surface area is 160 Å². The molecule has 1 aromatic heterocycles. The summed E-state index contributed by atoms with van der Waals surface area (Å²) in [6.07, 6.45) is 4.61. The molecule has 1 aliphatic heterocycles. The fourth-order valence-electron chi connectivity index (χ4n) is 3.45. The van der Waals surface area contributed by atoms with Crippen LogP contribution in [-0.2, 0) is 16.3 Å².